The smallest absolute Gasteiger partial charge is 0.475 e. The van der Waals surface area contributed by atoms with Crippen molar-refractivity contribution in [3.8, 4) is 11.3 Å². The molecule has 43 heavy (non-hydrogen) atoms. The van der Waals surface area contributed by atoms with E-state index in [1.54, 1.807) is 18.3 Å². The van der Waals surface area contributed by atoms with Gasteiger partial charge >= 0.3 is 12.1 Å². The summed E-state index contributed by atoms with van der Waals surface area (Å²) in [6.07, 6.45) is 3.52. The van der Waals surface area contributed by atoms with Crippen molar-refractivity contribution < 1.29 is 32.6 Å². The minimum Gasteiger partial charge on any atom is -0.475 e. The third kappa shape index (κ3) is 7.20. The van der Waals surface area contributed by atoms with Gasteiger partial charge in [-0.15, -0.1) is 0 Å². The Balaban J connectivity index is 0.000000472. The Bertz CT molecular complexity index is 1600. The molecule has 3 aromatic heterocycles. The highest BCUT2D eigenvalue weighted by Crippen LogP contribution is 2.35. The van der Waals surface area contributed by atoms with Crippen LogP contribution in [0.2, 0.25) is 0 Å². The second kappa shape index (κ2) is 12.7. The van der Waals surface area contributed by atoms with Gasteiger partial charge in [0.15, 0.2) is 0 Å². The Kier molecular flexibility index (Phi) is 8.76. The molecular formula is C29H30F3N7O4. The van der Waals surface area contributed by atoms with E-state index in [9.17, 15) is 18.0 Å². The number of pyridine rings is 2. The van der Waals surface area contributed by atoms with Crippen LogP contribution in [0.25, 0.3) is 22.2 Å². The molecule has 1 saturated heterocycles. The lowest BCUT2D eigenvalue weighted by atomic mass is 10.1. The first-order valence-electron chi connectivity index (χ1n) is 13.7. The number of fused-ring (bicyclic) bond motifs is 1. The number of aromatic nitrogens is 4. The van der Waals surface area contributed by atoms with E-state index < -0.39 is 12.1 Å². The molecule has 2 fully saturated rings. The number of nitrogens with zero attached hydrogens (tertiary/aromatic N) is 5. The summed E-state index contributed by atoms with van der Waals surface area (Å²) >= 11 is 0. The summed E-state index contributed by atoms with van der Waals surface area (Å²) in [5.74, 6) is -2.58. The van der Waals surface area contributed by atoms with E-state index in [-0.39, 0.29) is 5.91 Å². The van der Waals surface area contributed by atoms with E-state index in [4.69, 9.17) is 25.5 Å². The summed E-state index contributed by atoms with van der Waals surface area (Å²) in [4.78, 5) is 33.2. The maximum atomic E-state index is 13.4. The van der Waals surface area contributed by atoms with Crippen LogP contribution in [-0.2, 0) is 9.53 Å². The van der Waals surface area contributed by atoms with Gasteiger partial charge in [-0.1, -0.05) is 18.9 Å². The molecule has 4 aromatic rings. The number of amides is 1. The number of benzene rings is 1. The number of aliphatic carboxylic acids is 1. The van der Waals surface area contributed by atoms with E-state index >= 15 is 0 Å². The number of rotatable bonds is 5. The maximum absolute atomic E-state index is 13.4. The zero-order valence-electron chi connectivity index (χ0n) is 23.0. The van der Waals surface area contributed by atoms with Crippen molar-refractivity contribution in [2.75, 3.05) is 42.3 Å². The van der Waals surface area contributed by atoms with Gasteiger partial charge in [0.25, 0.3) is 5.91 Å². The summed E-state index contributed by atoms with van der Waals surface area (Å²) < 4.78 is 39.4. The van der Waals surface area contributed by atoms with Crippen LogP contribution in [0.3, 0.4) is 0 Å². The summed E-state index contributed by atoms with van der Waals surface area (Å²) in [7, 11) is 0. The van der Waals surface area contributed by atoms with Crippen LogP contribution in [0.1, 0.15) is 42.2 Å². The number of carbonyl (C=O) groups is 2. The Morgan fingerprint density at radius 1 is 1.07 bits per heavy atom. The predicted molar refractivity (Wildman–Crippen MR) is 154 cm³/mol. The quantitative estimate of drug-likeness (QED) is 0.292. The molecule has 226 valence electrons. The first-order valence-corrected chi connectivity index (χ1v) is 13.7. The van der Waals surface area contributed by atoms with Crippen LogP contribution in [0.4, 0.5) is 30.4 Å². The molecule has 6 rings (SSSR count). The van der Waals surface area contributed by atoms with Crippen molar-refractivity contribution in [3.05, 3.63) is 60.6 Å². The standard InChI is InChI=1S/C27H29N7O2.C2HF3O2/c28-26-9-8-18(16-29-26)21-6-3-7-22(30-21)27(35)31-24-14-19-17-34(20-4-1-2-5-20)32-23(19)15-25(24)33-10-12-36-13-11-33;3-2(4,5)1(6)7/h3,6-9,14-17,20H,1-2,4-5,10-13H2,(H2,28,29)(H,31,35);(H,6,7). The number of ether oxygens (including phenoxy) is 1. The van der Waals surface area contributed by atoms with Crippen molar-refractivity contribution in [2.45, 2.75) is 37.9 Å². The number of nitrogen functional groups attached to an aromatic ring is 1. The molecule has 1 amide bonds. The van der Waals surface area contributed by atoms with Crippen LogP contribution < -0.4 is 16.0 Å². The van der Waals surface area contributed by atoms with Crippen LogP contribution in [0, 0.1) is 0 Å². The van der Waals surface area contributed by atoms with Crippen molar-refractivity contribution in [3.63, 3.8) is 0 Å². The lowest BCUT2D eigenvalue weighted by Crippen LogP contribution is -2.36. The van der Waals surface area contributed by atoms with Gasteiger partial charge in [-0.25, -0.2) is 14.8 Å². The zero-order chi connectivity index (χ0) is 30.6. The van der Waals surface area contributed by atoms with Crippen LogP contribution in [0.15, 0.2) is 54.9 Å². The second-order valence-electron chi connectivity index (χ2n) is 10.2. The SMILES string of the molecule is Nc1ccc(-c2cccc(C(=O)Nc3cc4cn(C5CCCC5)nc4cc3N3CCOCC3)n2)cn1.O=C(O)C(F)(F)F. The molecular weight excluding hydrogens is 567 g/mol. The number of nitrogens with one attached hydrogen (secondary N) is 1. The molecule has 4 N–H and O–H groups in total. The monoisotopic (exact) mass is 597 g/mol. The number of halogens is 3. The van der Waals surface area contributed by atoms with Crippen molar-refractivity contribution in [1.82, 2.24) is 19.7 Å². The molecule has 1 saturated carbocycles. The molecule has 1 aliphatic heterocycles. The zero-order valence-corrected chi connectivity index (χ0v) is 23.0. The third-order valence-electron chi connectivity index (χ3n) is 7.24. The molecule has 1 aliphatic carbocycles. The second-order valence-corrected chi connectivity index (χ2v) is 10.2. The Labute approximate surface area is 244 Å². The van der Waals surface area contributed by atoms with E-state index in [1.165, 1.54) is 25.7 Å². The molecule has 0 radical (unpaired) electrons. The molecule has 14 heteroatoms. The number of anilines is 3. The Hall–Kier alpha value is -4.72. The normalized spacial score (nSPS) is 15.7. The number of hydrogen-bond acceptors (Lipinski definition) is 8. The van der Waals surface area contributed by atoms with Crippen molar-refractivity contribution >= 4 is 40.0 Å². The first-order chi connectivity index (χ1) is 20.6. The molecule has 1 aromatic carbocycles. The molecule has 0 spiro atoms. The largest absolute Gasteiger partial charge is 0.490 e. The van der Waals surface area contributed by atoms with Gasteiger partial charge in [0.1, 0.15) is 11.5 Å². The van der Waals surface area contributed by atoms with Gasteiger partial charge in [-0.2, -0.15) is 18.3 Å². The summed E-state index contributed by atoms with van der Waals surface area (Å²) in [6.45, 7) is 2.83. The van der Waals surface area contributed by atoms with Crippen molar-refractivity contribution in [2.24, 2.45) is 0 Å². The number of carboxylic acid groups (broad SMARTS) is 1. The number of hydrogen-bond donors (Lipinski definition) is 3. The number of carboxylic acids is 1. The minimum absolute atomic E-state index is 0.266. The highest BCUT2D eigenvalue weighted by molar-refractivity contribution is 6.06. The number of morpholine rings is 1. The lowest BCUT2D eigenvalue weighted by molar-refractivity contribution is -0.192. The highest BCUT2D eigenvalue weighted by Gasteiger charge is 2.38. The van der Waals surface area contributed by atoms with E-state index in [0.29, 0.717) is 36.5 Å². The highest BCUT2D eigenvalue weighted by atomic mass is 19.4. The molecule has 2 aliphatic rings. The predicted octanol–water partition coefficient (Wildman–Crippen LogP) is 4.91. The Morgan fingerprint density at radius 2 is 1.79 bits per heavy atom. The summed E-state index contributed by atoms with van der Waals surface area (Å²) in [5.41, 5.74) is 10.2. The number of nitrogens with two attached hydrogens (primary N) is 1. The van der Waals surface area contributed by atoms with Crippen LogP contribution in [-0.4, -0.2) is 69.2 Å². The fourth-order valence-electron chi connectivity index (χ4n) is 5.07. The fourth-order valence-corrected chi connectivity index (χ4v) is 5.07. The van der Waals surface area contributed by atoms with Crippen molar-refractivity contribution in [1.29, 1.82) is 0 Å². The van der Waals surface area contributed by atoms with Gasteiger partial charge in [-0.3, -0.25) is 9.48 Å². The van der Waals surface area contributed by atoms with E-state index in [1.807, 2.05) is 24.3 Å². The van der Waals surface area contributed by atoms with Crippen LogP contribution >= 0.6 is 0 Å². The summed E-state index contributed by atoms with van der Waals surface area (Å²) in [6, 6.07) is 13.5. The van der Waals surface area contributed by atoms with Gasteiger partial charge in [0.2, 0.25) is 0 Å². The average molecular weight is 598 g/mol. The Morgan fingerprint density at radius 3 is 2.44 bits per heavy atom. The first kappa shape index (κ1) is 29.8. The number of carbonyl (C=O) groups excluding carboxylic acids is 1. The third-order valence-corrected chi connectivity index (χ3v) is 7.24. The van der Waals surface area contributed by atoms with E-state index in [0.717, 1.165) is 40.9 Å². The van der Waals surface area contributed by atoms with E-state index in [2.05, 4.69) is 37.1 Å². The van der Waals surface area contributed by atoms with Gasteiger partial charge in [0, 0.05) is 36.4 Å². The topological polar surface area (TPSA) is 148 Å². The molecule has 11 nitrogen and oxygen atoms in total. The van der Waals surface area contributed by atoms with Crippen LogP contribution in [0.5, 0.6) is 0 Å². The van der Waals surface area contributed by atoms with Gasteiger partial charge in [-0.05, 0) is 49.2 Å². The summed E-state index contributed by atoms with van der Waals surface area (Å²) in [5, 5.41) is 16.2. The molecule has 0 bridgehead atoms. The minimum atomic E-state index is -5.08. The fraction of sp³-hybridized carbons (Fsp3) is 0.345. The van der Waals surface area contributed by atoms with Gasteiger partial charge < -0.3 is 25.8 Å². The molecule has 0 atom stereocenters. The molecule has 4 heterocycles. The van der Waals surface area contributed by atoms with Gasteiger partial charge in [0.05, 0.1) is 41.8 Å². The molecule has 0 unspecified atom stereocenters. The maximum Gasteiger partial charge on any atom is 0.490 e. The average Bonchev–Trinajstić information content (AvgIpc) is 3.68. The number of alkyl halides is 3. The lowest BCUT2D eigenvalue weighted by Gasteiger charge is -2.30.